The molecule has 0 N–H and O–H groups in total. The lowest BCUT2D eigenvalue weighted by Crippen LogP contribution is -2.25. The van der Waals surface area contributed by atoms with Gasteiger partial charge in [-0.2, -0.15) is 0 Å². The molecule has 0 aliphatic rings. The second kappa shape index (κ2) is 16.3. The SMILES string of the molecule is CCN(C)CCCCN(C)CCCCN(C)CCCCN(C)CC. The van der Waals surface area contributed by atoms with Gasteiger partial charge in [-0.1, -0.05) is 13.8 Å². The largest absolute Gasteiger partial charge is 0.307 e. The summed E-state index contributed by atoms with van der Waals surface area (Å²) in [4.78, 5) is 9.81. The van der Waals surface area contributed by atoms with E-state index in [-0.39, 0.29) is 0 Å². The Labute approximate surface area is 153 Å². The number of unbranched alkanes of at least 4 members (excludes halogenated alkanes) is 3. The maximum atomic E-state index is 2.51. The molecule has 0 saturated carbocycles. The number of nitrogens with zero attached hydrogens (tertiary/aromatic N) is 4. The molecular formula is C20H46N4. The molecule has 0 radical (unpaired) electrons. The summed E-state index contributed by atoms with van der Waals surface area (Å²) in [5.74, 6) is 0. The van der Waals surface area contributed by atoms with Crippen LogP contribution in [0.2, 0.25) is 0 Å². The molecule has 0 saturated heterocycles. The van der Waals surface area contributed by atoms with Gasteiger partial charge in [0.15, 0.2) is 0 Å². The van der Waals surface area contributed by atoms with E-state index in [1.54, 1.807) is 0 Å². The Morgan fingerprint density at radius 3 is 0.792 bits per heavy atom. The van der Waals surface area contributed by atoms with Crippen LogP contribution in [0.5, 0.6) is 0 Å². The summed E-state index contributed by atoms with van der Waals surface area (Å²) in [5.41, 5.74) is 0. The average Bonchev–Trinajstić information content (AvgIpc) is 2.58. The molecule has 0 heterocycles. The third kappa shape index (κ3) is 15.4. The molecule has 0 spiro atoms. The van der Waals surface area contributed by atoms with Gasteiger partial charge in [-0.05, 0) is 119 Å². The minimum absolute atomic E-state index is 1.17. The van der Waals surface area contributed by atoms with Gasteiger partial charge >= 0.3 is 0 Å². The Morgan fingerprint density at radius 1 is 0.375 bits per heavy atom. The van der Waals surface area contributed by atoms with E-state index in [2.05, 4.69) is 61.6 Å². The van der Waals surface area contributed by atoms with Crippen LogP contribution in [0.4, 0.5) is 0 Å². The molecule has 0 atom stereocenters. The Balaban J connectivity index is 3.40. The summed E-state index contributed by atoms with van der Waals surface area (Å²) < 4.78 is 0. The molecule has 0 aromatic heterocycles. The van der Waals surface area contributed by atoms with E-state index in [1.165, 1.54) is 90.9 Å². The third-order valence-electron chi connectivity index (χ3n) is 5.07. The summed E-state index contributed by atoms with van der Waals surface area (Å²) >= 11 is 0. The molecule has 0 fully saturated rings. The quantitative estimate of drug-likeness (QED) is 0.377. The van der Waals surface area contributed by atoms with Gasteiger partial charge in [0, 0.05) is 0 Å². The van der Waals surface area contributed by atoms with Crippen LogP contribution in [0, 0.1) is 0 Å². The van der Waals surface area contributed by atoms with E-state index in [9.17, 15) is 0 Å². The maximum absolute atomic E-state index is 2.51. The Hall–Kier alpha value is -0.160. The molecule has 0 aromatic rings. The van der Waals surface area contributed by atoms with Gasteiger partial charge in [0.1, 0.15) is 0 Å². The predicted molar refractivity (Wildman–Crippen MR) is 109 cm³/mol. The first kappa shape index (κ1) is 23.8. The molecule has 0 rings (SSSR count). The number of hydrogen-bond acceptors (Lipinski definition) is 4. The molecule has 24 heavy (non-hydrogen) atoms. The predicted octanol–water partition coefficient (Wildman–Crippen LogP) is 3.09. The Kier molecular flexibility index (Phi) is 16.2. The first-order chi connectivity index (χ1) is 11.5. The normalized spacial score (nSPS) is 12.2. The van der Waals surface area contributed by atoms with Gasteiger partial charge in [0.25, 0.3) is 0 Å². The Morgan fingerprint density at radius 2 is 0.583 bits per heavy atom. The van der Waals surface area contributed by atoms with Crippen LogP contribution < -0.4 is 0 Å². The number of hydrogen-bond donors (Lipinski definition) is 0. The monoisotopic (exact) mass is 342 g/mol. The fourth-order valence-corrected chi connectivity index (χ4v) is 2.83. The summed E-state index contributed by atoms with van der Waals surface area (Å²) in [6.45, 7) is 14.3. The first-order valence-electron chi connectivity index (χ1n) is 10.2. The summed E-state index contributed by atoms with van der Waals surface area (Å²) in [6.07, 6.45) is 7.96. The van der Waals surface area contributed by atoms with Crippen LogP contribution >= 0.6 is 0 Å². The molecule has 4 nitrogen and oxygen atoms in total. The van der Waals surface area contributed by atoms with Crippen LogP contribution in [0.3, 0.4) is 0 Å². The van der Waals surface area contributed by atoms with Crippen molar-refractivity contribution in [2.45, 2.75) is 52.4 Å². The second-order valence-electron chi connectivity index (χ2n) is 7.52. The van der Waals surface area contributed by atoms with E-state index < -0.39 is 0 Å². The summed E-state index contributed by atoms with van der Waals surface area (Å²) in [7, 11) is 8.97. The van der Waals surface area contributed by atoms with E-state index in [0.29, 0.717) is 0 Å². The second-order valence-corrected chi connectivity index (χ2v) is 7.52. The molecule has 146 valence electrons. The van der Waals surface area contributed by atoms with Crippen molar-refractivity contribution >= 4 is 0 Å². The molecule has 0 aromatic carbocycles. The molecule has 0 bridgehead atoms. The van der Waals surface area contributed by atoms with Crippen molar-refractivity contribution < 1.29 is 0 Å². The minimum atomic E-state index is 1.17. The highest BCUT2D eigenvalue weighted by Gasteiger charge is 2.02. The fraction of sp³-hybridized carbons (Fsp3) is 1.00. The highest BCUT2D eigenvalue weighted by Crippen LogP contribution is 2.01. The van der Waals surface area contributed by atoms with Crippen LogP contribution in [0.15, 0.2) is 0 Å². The standard InChI is InChI=1S/C20H46N4/c1-7-21(3)15-9-11-17-23(5)19-13-14-20-24(6)18-12-10-16-22(4)8-2/h7-20H2,1-6H3. The highest BCUT2D eigenvalue weighted by atomic mass is 15.1. The van der Waals surface area contributed by atoms with E-state index in [1.807, 2.05) is 0 Å². The average molecular weight is 343 g/mol. The van der Waals surface area contributed by atoms with Gasteiger partial charge in [0.2, 0.25) is 0 Å². The van der Waals surface area contributed by atoms with Crippen molar-refractivity contribution in [3.8, 4) is 0 Å². The fourth-order valence-electron chi connectivity index (χ4n) is 2.83. The molecule has 0 amide bonds. The van der Waals surface area contributed by atoms with Gasteiger partial charge in [-0.15, -0.1) is 0 Å². The Bertz CT molecular complexity index is 234. The zero-order valence-corrected chi connectivity index (χ0v) is 17.7. The van der Waals surface area contributed by atoms with E-state index in [4.69, 9.17) is 0 Å². The summed E-state index contributed by atoms with van der Waals surface area (Å²) in [5, 5.41) is 0. The summed E-state index contributed by atoms with van der Waals surface area (Å²) in [6, 6.07) is 0. The molecule has 0 aliphatic carbocycles. The lowest BCUT2D eigenvalue weighted by Gasteiger charge is -2.20. The maximum Gasteiger partial charge on any atom is -0.00213 e. The van der Waals surface area contributed by atoms with Crippen LogP contribution in [0.25, 0.3) is 0 Å². The van der Waals surface area contributed by atoms with Crippen molar-refractivity contribution in [3.63, 3.8) is 0 Å². The van der Waals surface area contributed by atoms with Crippen molar-refractivity contribution in [1.82, 2.24) is 19.6 Å². The molecule has 0 aliphatic heterocycles. The van der Waals surface area contributed by atoms with Crippen LogP contribution in [-0.2, 0) is 0 Å². The van der Waals surface area contributed by atoms with Gasteiger partial charge in [-0.3, -0.25) is 0 Å². The van der Waals surface area contributed by atoms with Gasteiger partial charge in [0.05, 0.1) is 0 Å². The molecule has 0 unspecified atom stereocenters. The zero-order valence-electron chi connectivity index (χ0n) is 17.7. The minimum Gasteiger partial charge on any atom is -0.307 e. The van der Waals surface area contributed by atoms with Crippen molar-refractivity contribution in [2.24, 2.45) is 0 Å². The number of rotatable bonds is 17. The lowest BCUT2D eigenvalue weighted by atomic mass is 10.2. The highest BCUT2D eigenvalue weighted by molar-refractivity contribution is 4.58. The smallest absolute Gasteiger partial charge is 0.00213 e. The topological polar surface area (TPSA) is 13.0 Å². The third-order valence-corrected chi connectivity index (χ3v) is 5.07. The van der Waals surface area contributed by atoms with Crippen molar-refractivity contribution in [2.75, 3.05) is 80.5 Å². The van der Waals surface area contributed by atoms with E-state index >= 15 is 0 Å². The van der Waals surface area contributed by atoms with Crippen LogP contribution in [-0.4, -0.2) is 100 Å². The van der Waals surface area contributed by atoms with Crippen molar-refractivity contribution in [3.05, 3.63) is 0 Å². The van der Waals surface area contributed by atoms with Gasteiger partial charge < -0.3 is 19.6 Å². The lowest BCUT2D eigenvalue weighted by molar-refractivity contribution is 0.273. The molecule has 4 heteroatoms. The van der Waals surface area contributed by atoms with Gasteiger partial charge in [-0.25, -0.2) is 0 Å². The zero-order chi connectivity index (χ0) is 18.2. The van der Waals surface area contributed by atoms with Crippen molar-refractivity contribution in [1.29, 1.82) is 0 Å². The molecular weight excluding hydrogens is 296 g/mol. The van der Waals surface area contributed by atoms with Crippen LogP contribution in [0.1, 0.15) is 52.4 Å². The van der Waals surface area contributed by atoms with E-state index in [0.717, 1.165) is 0 Å². The first-order valence-corrected chi connectivity index (χ1v) is 10.2.